The minimum atomic E-state index is -0.531. The van der Waals surface area contributed by atoms with E-state index in [4.69, 9.17) is 9.47 Å². The topological polar surface area (TPSA) is 86.7 Å². The molecule has 36 heavy (non-hydrogen) atoms. The summed E-state index contributed by atoms with van der Waals surface area (Å²) < 4.78 is 10.5. The third kappa shape index (κ3) is 11.2. The number of allylic oxidation sites excluding steroid dienone is 4. The van der Waals surface area contributed by atoms with E-state index in [1.165, 1.54) is 12.2 Å². The van der Waals surface area contributed by atoms with Crippen LogP contribution in [0.1, 0.15) is 107 Å². The van der Waals surface area contributed by atoms with E-state index >= 15 is 0 Å². The van der Waals surface area contributed by atoms with Crippen LogP contribution in [0.3, 0.4) is 0 Å². The Hall–Kier alpha value is -2.24. The molecule has 1 aliphatic rings. The number of ketones is 2. The molecule has 0 amide bonds. The zero-order valence-electron chi connectivity index (χ0n) is 23.8. The van der Waals surface area contributed by atoms with Crippen LogP contribution in [-0.4, -0.2) is 36.7 Å². The quantitative estimate of drug-likeness (QED) is 0.175. The molecule has 0 radical (unpaired) electrons. The van der Waals surface area contributed by atoms with E-state index < -0.39 is 10.8 Å². The van der Waals surface area contributed by atoms with Crippen LogP contribution in [0.4, 0.5) is 0 Å². The van der Waals surface area contributed by atoms with E-state index in [2.05, 4.69) is 27.7 Å². The maximum absolute atomic E-state index is 13.0. The van der Waals surface area contributed by atoms with Crippen molar-refractivity contribution in [3.05, 3.63) is 23.3 Å². The zero-order chi connectivity index (χ0) is 27.5. The van der Waals surface area contributed by atoms with E-state index in [1.807, 2.05) is 27.7 Å². The third-order valence-corrected chi connectivity index (χ3v) is 6.82. The minimum Gasteiger partial charge on any atom is -0.466 e. The van der Waals surface area contributed by atoms with Crippen molar-refractivity contribution in [2.45, 2.75) is 107 Å². The first-order valence-corrected chi connectivity index (χ1v) is 13.5. The van der Waals surface area contributed by atoms with Crippen LogP contribution >= 0.6 is 0 Å². The molecule has 0 aromatic rings. The molecule has 0 saturated heterocycles. The summed E-state index contributed by atoms with van der Waals surface area (Å²) in [5, 5.41) is 0. The third-order valence-electron chi connectivity index (χ3n) is 6.82. The van der Waals surface area contributed by atoms with Gasteiger partial charge < -0.3 is 9.47 Å². The highest BCUT2D eigenvalue weighted by atomic mass is 16.5. The van der Waals surface area contributed by atoms with Gasteiger partial charge in [-0.3, -0.25) is 19.2 Å². The van der Waals surface area contributed by atoms with Gasteiger partial charge in [0.1, 0.15) is 0 Å². The summed E-state index contributed by atoms with van der Waals surface area (Å²) in [6, 6.07) is 0. The number of hydrogen-bond acceptors (Lipinski definition) is 6. The van der Waals surface area contributed by atoms with Crippen LogP contribution in [-0.2, 0) is 28.7 Å². The van der Waals surface area contributed by atoms with Crippen molar-refractivity contribution in [2.75, 3.05) is 13.2 Å². The molecule has 0 unspecified atom stereocenters. The molecule has 0 spiro atoms. The van der Waals surface area contributed by atoms with Crippen molar-refractivity contribution in [1.29, 1.82) is 0 Å². The van der Waals surface area contributed by atoms with Gasteiger partial charge in [0.2, 0.25) is 0 Å². The van der Waals surface area contributed by atoms with Crippen LogP contribution in [0.5, 0.6) is 0 Å². The zero-order valence-corrected chi connectivity index (χ0v) is 23.8. The van der Waals surface area contributed by atoms with E-state index in [9.17, 15) is 19.2 Å². The lowest BCUT2D eigenvalue weighted by Crippen LogP contribution is -2.30. The van der Waals surface area contributed by atoms with Crippen molar-refractivity contribution in [3.63, 3.8) is 0 Å². The summed E-state index contributed by atoms with van der Waals surface area (Å²) in [5.41, 5.74) is -0.101. The molecule has 1 rings (SSSR count). The monoisotopic (exact) mass is 504 g/mol. The first-order chi connectivity index (χ1) is 16.7. The normalized spacial score (nSPS) is 14.7. The average Bonchev–Trinajstić information content (AvgIpc) is 2.74. The SMILES string of the molecule is CC(C)CCOC(=O)CCCC(C)(C)C1=CC(=O)C(C(C)(C)CCCC(=O)OCCC(C)C)=CC1=O. The molecule has 1 aliphatic carbocycles. The number of rotatable bonds is 16. The molecule has 6 heteroatoms. The van der Waals surface area contributed by atoms with Crippen molar-refractivity contribution < 1.29 is 28.7 Å². The van der Waals surface area contributed by atoms with E-state index in [0.29, 0.717) is 74.7 Å². The van der Waals surface area contributed by atoms with Crippen LogP contribution < -0.4 is 0 Å². The second-order valence-electron chi connectivity index (χ2n) is 12.1. The molecule has 0 heterocycles. The molecule has 0 aromatic carbocycles. The summed E-state index contributed by atoms with van der Waals surface area (Å²) in [5.74, 6) is 0.207. The van der Waals surface area contributed by atoms with Gasteiger partial charge in [0.25, 0.3) is 0 Å². The van der Waals surface area contributed by atoms with Crippen LogP contribution in [0.15, 0.2) is 23.3 Å². The van der Waals surface area contributed by atoms with E-state index in [1.54, 1.807) is 0 Å². The second-order valence-corrected chi connectivity index (χ2v) is 12.1. The largest absolute Gasteiger partial charge is 0.466 e. The standard InChI is InChI=1S/C30H48O6/c1-21(2)13-17-35-27(33)11-9-15-29(5,6)23-19-26(32)24(20-25(23)31)30(7,8)16-10-12-28(34)36-18-14-22(3)4/h19-22H,9-18H2,1-8H3. The molecule has 0 bridgehead atoms. The Bertz CT molecular complexity index is 772. The lowest BCUT2D eigenvalue weighted by molar-refractivity contribution is -0.145. The highest BCUT2D eigenvalue weighted by Gasteiger charge is 2.36. The molecular weight excluding hydrogens is 456 g/mol. The van der Waals surface area contributed by atoms with Gasteiger partial charge in [0, 0.05) is 24.0 Å². The predicted octanol–water partition coefficient (Wildman–Crippen LogP) is 6.56. The summed E-state index contributed by atoms with van der Waals surface area (Å²) >= 11 is 0. The Morgan fingerprint density at radius 1 is 0.694 bits per heavy atom. The first-order valence-electron chi connectivity index (χ1n) is 13.5. The summed E-state index contributed by atoms with van der Waals surface area (Å²) in [7, 11) is 0. The van der Waals surface area contributed by atoms with Crippen molar-refractivity contribution in [2.24, 2.45) is 22.7 Å². The molecule has 0 saturated carbocycles. The molecule has 6 nitrogen and oxygen atoms in total. The van der Waals surface area contributed by atoms with Crippen LogP contribution in [0, 0.1) is 22.7 Å². The Morgan fingerprint density at radius 3 is 1.33 bits per heavy atom. The van der Waals surface area contributed by atoms with Gasteiger partial charge in [-0.1, -0.05) is 55.4 Å². The molecule has 204 valence electrons. The fraction of sp³-hybridized carbons (Fsp3) is 0.733. The van der Waals surface area contributed by atoms with Crippen molar-refractivity contribution in [3.8, 4) is 0 Å². The van der Waals surface area contributed by atoms with Crippen LogP contribution in [0.25, 0.3) is 0 Å². The second kappa shape index (κ2) is 14.5. The predicted molar refractivity (Wildman–Crippen MR) is 142 cm³/mol. The first kappa shape index (κ1) is 31.8. The summed E-state index contributed by atoms with van der Waals surface area (Å²) in [4.78, 5) is 50.0. The molecule has 0 aromatic heterocycles. The highest BCUT2D eigenvalue weighted by molar-refractivity contribution is 6.20. The molecule has 0 aliphatic heterocycles. The highest BCUT2D eigenvalue weighted by Crippen LogP contribution is 2.40. The Kier molecular flexibility index (Phi) is 12.8. The van der Waals surface area contributed by atoms with Gasteiger partial charge >= 0.3 is 11.9 Å². The summed E-state index contributed by atoms with van der Waals surface area (Å²) in [6.45, 7) is 16.9. The fourth-order valence-electron chi connectivity index (χ4n) is 4.20. The Morgan fingerprint density at radius 2 is 1.03 bits per heavy atom. The van der Waals surface area contributed by atoms with Gasteiger partial charge in [-0.05, 0) is 73.3 Å². The maximum Gasteiger partial charge on any atom is 0.305 e. The number of carbonyl (C=O) groups excluding carboxylic acids is 4. The van der Waals surface area contributed by atoms with Gasteiger partial charge in [0.15, 0.2) is 11.6 Å². The number of hydrogen-bond donors (Lipinski definition) is 0. The number of ether oxygens (including phenoxy) is 2. The fourth-order valence-corrected chi connectivity index (χ4v) is 4.20. The van der Waals surface area contributed by atoms with Gasteiger partial charge in [-0.25, -0.2) is 0 Å². The maximum atomic E-state index is 13.0. The van der Waals surface area contributed by atoms with Crippen LogP contribution in [0.2, 0.25) is 0 Å². The van der Waals surface area contributed by atoms with Crippen molar-refractivity contribution >= 4 is 23.5 Å². The van der Waals surface area contributed by atoms with Gasteiger partial charge in [-0.15, -0.1) is 0 Å². The number of esters is 2. The minimum absolute atomic E-state index is 0.157. The average molecular weight is 505 g/mol. The van der Waals surface area contributed by atoms with E-state index in [-0.39, 0.29) is 23.5 Å². The van der Waals surface area contributed by atoms with Crippen molar-refractivity contribution in [1.82, 2.24) is 0 Å². The molecule has 0 fully saturated rings. The van der Waals surface area contributed by atoms with Gasteiger partial charge in [0.05, 0.1) is 13.2 Å². The molecule has 0 atom stereocenters. The summed E-state index contributed by atoms with van der Waals surface area (Å²) in [6.07, 6.45) is 7.59. The van der Waals surface area contributed by atoms with E-state index in [0.717, 1.165) is 12.8 Å². The molecular formula is C30H48O6. The van der Waals surface area contributed by atoms with Gasteiger partial charge in [-0.2, -0.15) is 0 Å². The Labute approximate surface area is 218 Å². The lowest BCUT2D eigenvalue weighted by Gasteiger charge is -2.32. The number of carbonyl (C=O) groups is 4. The Balaban J connectivity index is 2.62. The smallest absolute Gasteiger partial charge is 0.305 e. The lowest BCUT2D eigenvalue weighted by atomic mass is 9.70. The molecule has 0 N–H and O–H groups in total.